The van der Waals surface area contributed by atoms with Crippen molar-refractivity contribution in [2.75, 3.05) is 17.2 Å². The number of anilines is 3. The molecule has 0 spiro atoms. The van der Waals surface area contributed by atoms with Crippen molar-refractivity contribution in [3.8, 4) is 0 Å². The Labute approximate surface area is 165 Å². The molecule has 1 aliphatic carbocycles. The predicted octanol–water partition coefficient (Wildman–Crippen LogP) is 4.18. The van der Waals surface area contributed by atoms with Crippen LogP contribution in [0.25, 0.3) is 10.2 Å². The smallest absolute Gasteiger partial charge is 0.226 e. The van der Waals surface area contributed by atoms with E-state index in [2.05, 4.69) is 30.8 Å². The molecule has 0 unspecified atom stereocenters. The summed E-state index contributed by atoms with van der Waals surface area (Å²) in [5.74, 6) is 2.54. The molecule has 5 rings (SSSR count). The van der Waals surface area contributed by atoms with E-state index in [4.69, 9.17) is 0 Å². The van der Waals surface area contributed by atoms with Crippen LogP contribution in [-0.2, 0) is 0 Å². The molecule has 3 aromatic heterocycles. The summed E-state index contributed by atoms with van der Waals surface area (Å²) in [7, 11) is 0. The number of aromatic amines is 1. The molecule has 3 heterocycles. The molecule has 4 aromatic rings. The molecule has 7 nitrogen and oxygen atoms in total. The molecule has 0 amide bonds. The maximum atomic E-state index is 9.83. The number of aliphatic hydroxyl groups is 1. The van der Waals surface area contributed by atoms with Crippen molar-refractivity contribution in [1.29, 1.82) is 0 Å². The number of H-pyrrole nitrogens is 1. The number of thiophene rings is 1. The van der Waals surface area contributed by atoms with Gasteiger partial charge in [-0.1, -0.05) is 30.3 Å². The van der Waals surface area contributed by atoms with Gasteiger partial charge < -0.3 is 15.7 Å². The van der Waals surface area contributed by atoms with Gasteiger partial charge in [0.05, 0.1) is 18.0 Å². The van der Waals surface area contributed by atoms with Crippen LogP contribution in [0.2, 0.25) is 0 Å². The summed E-state index contributed by atoms with van der Waals surface area (Å²) >= 11 is 1.55. The molecule has 0 bridgehead atoms. The number of nitrogens with zero attached hydrogens (tertiary/aromatic N) is 3. The number of hydrogen-bond acceptors (Lipinski definition) is 7. The minimum Gasteiger partial charge on any atom is -0.394 e. The van der Waals surface area contributed by atoms with E-state index in [1.807, 2.05) is 47.8 Å². The fourth-order valence-corrected chi connectivity index (χ4v) is 3.98. The summed E-state index contributed by atoms with van der Waals surface area (Å²) in [5.41, 5.74) is 2.15. The quantitative estimate of drug-likeness (QED) is 0.377. The van der Waals surface area contributed by atoms with Crippen LogP contribution in [0.4, 0.5) is 17.6 Å². The molecule has 1 aliphatic rings. The van der Waals surface area contributed by atoms with Crippen LogP contribution in [0.1, 0.15) is 36.1 Å². The van der Waals surface area contributed by atoms with E-state index in [0.717, 1.165) is 21.6 Å². The number of rotatable bonds is 7. The number of aliphatic hydroxyl groups excluding tert-OH is 1. The zero-order chi connectivity index (χ0) is 18.9. The summed E-state index contributed by atoms with van der Waals surface area (Å²) in [6.07, 6.45) is 2.44. The molecule has 8 heteroatoms. The molecule has 0 saturated heterocycles. The second kappa shape index (κ2) is 7.21. The number of hydrogen-bond donors (Lipinski definition) is 4. The second-order valence-electron chi connectivity index (χ2n) is 6.93. The summed E-state index contributed by atoms with van der Waals surface area (Å²) in [4.78, 5) is 10.1. The van der Waals surface area contributed by atoms with Crippen molar-refractivity contribution < 1.29 is 5.11 Å². The van der Waals surface area contributed by atoms with Crippen LogP contribution in [0, 0.1) is 0 Å². The molecule has 0 radical (unpaired) electrons. The highest BCUT2D eigenvalue weighted by Crippen LogP contribution is 2.40. The lowest BCUT2D eigenvalue weighted by Crippen LogP contribution is -2.16. The van der Waals surface area contributed by atoms with Crippen LogP contribution in [0.5, 0.6) is 0 Å². The summed E-state index contributed by atoms with van der Waals surface area (Å²) in [6.45, 7) is -0.0528. The van der Waals surface area contributed by atoms with Gasteiger partial charge in [-0.05, 0) is 29.9 Å². The van der Waals surface area contributed by atoms with Crippen molar-refractivity contribution in [2.45, 2.75) is 24.8 Å². The van der Waals surface area contributed by atoms with Gasteiger partial charge in [-0.15, -0.1) is 11.3 Å². The monoisotopic (exact) mass is 392 g/mol. The molecule has 1 saturated carbocycles. The Morgan fingerprint density at radius 1 is 1.18 bits per heavy atom. The average Bonchev–Trinajstić information content (AvgIpc) is 3.28. The molecule has 1 aromatic carbocycles. The average molecular weight is 392 g/mol. The van der Waals surface area contributed by atoms with E-state index in [1.165, 1.54) is 18.5 Å². The highest BCUT2D eigenvalue weighted by molar-refractivity contribution is 7.16. The van der Waals surface area contributed by atoms with Crippen LogP contribution in [0.3, 0.4) is 0 Å². The van der Waals surface area contributed by atoms with Gasteiger partial charge in [0.2, 0.25) is 5.95 Å². The highest BCUT2D eigenvalue weighted by atomic mass is 32.1. The third-order valence-electron chi connectivity index (χ3n) is 4.87. The minimum absolute atomic E-state index is 0.0528. The zero-order valence-electron chi connectivity index (χ0n) is 15.1. The van der Waals surface area contributed by atoms with E-state index >= 15 is 0 Å². The van der Waals surface area contributed by atoms with Crippen LogP contribution >= 0.6 is 11.3 Å². The molecular formula is C20H20N6OS. The summed E-state index contributed by atoms with van der Waals surface area (Å²) < 4.78 is 0. The van der Waals surface area contributed by atoms with Gasteiger partial charge in [0, 0.05) is 17.7 Å². The van der Waals surface area contributed by atoms with Crippen LogP contribution in [-0.4, -0.2) is 31.9 Å². The molecule has 1 atom stereocenters. The normalized spacial score (nSPS) is 14.9. The van der Waals surface area contributed by atoms with Gasteiger partial charge in [-0.25, -0.2) is 4.98 Å². The summed E-state index contributed by atoms with van der Waals surface area (Å²) in [5, 5.41) is 26.8. The van der Waals surface area contributed by atoms with Crippen molar-refractivity contribution in [1.82, 2.24) is 20.2 Å². The van der Waals surface area contributed by atoms with Crippen molar-refractivity contribution in [3.63, 3.8) is 0 Å². The zero-order valence-corrected chi connectivity index (χ0v) is 15.9. The van der Waals surface area contributed by atoms with Crippen LogP contribution < -0.4 is 10.6 Å². The molecule has 28 heavy (non-hydrogen) atoms. The van der Waals surface area contributed by atoms with Gasteiger partial charge in [0.1, 0.15) is 10.6 Å². The Hall–Kier alpha value is -2.97. The Bertz CT molecular complexity index is 1090. The van der Waals surface area contributed by atoms with Gasteiger partial charge in [-0.3, -0.25) is 5.10 Å². The maximum absolute atomic E-state index is 9.83. The molecule has 142 valence electrons. The lowest BCUT2D eigenvalue weighted by Gasteiger charge is -2.17. The first-order chi connectivity index (χ1) is 13.8. The Morgan fingerprint density at radius 3 is 2.82 bits per heavy atom. The van der Waals surface area contributed by atoms with Crippen molar-refractivity contribution >= 4 is 39.1 Å². The van der Waals surface area contributed by atoms with E-state index in [1.54, 1.807) is 11.3 Å². The fourth-order valence-electron chi connectivity index (χ4n) is 3.22. The lowest BCUT2D eigenvalue weighted by atomic mass is 10.1. The first kappa shape index (κ1) is 17.2. The Kier molecular flexibility index (Phi) is 4.42. The Morgan fingerprint density at radius 2 is 2.04 bits per heavy atom. The first-order valence-electron chi connectivity index (χ1n) is 9.30. The minimum atomic E-state index is -0.279. The third-order valence-corrected chi connectivity index (χ3v) is 5.68. The molecular weight excluding hydrogens is 372 g/mol. The molecule has 0 aliphatic heterocycles. The second-order valence-corrected chi connectivity index (χ2v) is 7.83. The van der Waals surface area contributed by atoms with E-state index in [0.29, 0.717) is 17.7 Å². The van der Waals surface area contributed by atoms with Gasteiger partial charge >= 0.3 is 0 Å². The van der Waals surface area contributed by atoms with E-state index in [9.17, 15) is 5.11 Å². The molecule has 1 fully saturated rings. The van der Waals surface area contributed by atoms with Gasteiger partial charge in [-0.2, -0.15) is 10.1 Å². The molecule has 4 N–H and O–H groups in total. The van der Waals surface area contributed by atoms with Gasteiger partial charge in [0.25, 0.3) is 0 Å². The fraction of sp³-hybridized carbons (Fsp3) is 0.250. The van der Waals surface area contributed by atoms with Crippen LogP contribution in [0.15, 0.2) is 47.8 Å². The van der Waals surface area contributed by atoms with Crippen molar-refractivity contribution in [3.05, 3.63) is 59.1 Å². The topological polar surface area (TPSA) is 98.8 Å². The highest BCUT2D eigenvalue weighted by Gasteiger charge is 2.25. The first-order valence-corrected chi connectivity index (χ1v) is 10.2. The maximum Gasteiger partial charge on any atom is 0.226 e. The summed E-state index contributed by atoms with van der Waals surface area (Å²) in [6, 6.07) is 13.6. The lowest BCUT2D eigenvalue weighted by molar-refractivity contribution is 0.276. The Balaban J connectivity index is 1.44. The largest absolute Gasteiger partial charge is 0.394 e. The predicted molar refractivity (Wildman–Crippen MR) is 111 cm³/mol. The van der Waals surface area contributed by atoms with Gasteiger partial charge in [0.15, 0.2) is 5.82 Å². The number of aromatic nitrogens is 4. The third kappa shape index (κ3) is 3.44. The van der Waals surface area contributed by atoms with E-state index < -0.39 is 0 Å². The van der Waals surface area contributed by atoms with Crippen molar-refractivity contribution in [2.24, 2.45) is 0 Å². The number of nitrogens with one attached hydrogen (secondary N) is 3. The SMILES string of the molecule is OC[C@H](Nc1nc(Nc2cc(C3CC3)[nH]n2)c2ccsc2n1)c1ccccc1. The number of fused-ring (bicyclic) bond motifs is 1. The van der Waals surface area contributed by atoms with E-state index in [-0.39, 0.29) is 12.6 Å². The standard InChI is InChI=1S/C20H20N6OS/c27-11-16(12-4-2-1-3-5-12)21-20-23-18(14-8-9-28-19(14)24-20)22-17-10-15(25-26-17)13-6-7-13/h1-5,8-10,13,16,27H,6-7,11H2,(H3,21,22,23,24,25,26)/t16-/m0/s1. The number of benzene rings is 1.